The summed E-state index contributed by atoms with van der Waals surface area (Å²) in [6, 6.07) is 11.0. The van der Waals surface area contributed by atoms with Crippen molar-refractivity contribution in [2.24, 2.45) is 0 Å². The molecule has 1 unspecified atom stereocenters. The normalized spacial score (nSPS) is 17.4. The van der Waals surface area contributed by atoms with Gasteiger partial charge in [-0.1, -0.05) is 29.8 Å². The Morgan fingerprint density at radius 2 is 1.80 bits per heavy atom. The Hall–Kier alpha value is -4.44. The highest BCUT2D eigenvalue weighted by Crippen LogP contribution is 2.55. The number of anilines is 2. The Morgan fingerprint density at radius 3 is 2.50 bits per heavy atom. The minimum absolute atomic E-state index is 0.130. The summed E-state index contributed by atoms with van der Waals surface area (Å²) in [5, 5.41) is 3.46. The van der Waals surface area contributed by atoms with Crippen LogP contribution in [0.25, 0.3) is 11.4 Å². The lowest BCUT2D eigenvalue weighted by Gasteiger charge is -2.36. The molecule has 0 bridgehead atoms. The first-order valence-corrected chi connectivity index (χ1v) is 13.1. The number of fused-ring (bicyclic) bond motifs is 4. The van der Waals surface area contributed by atoms with E-state index in [9.17, 15) is 9.59 Å². The van der Waals surface area contributed by atoms with Crippen molar-refractivity contribution in [2.45, 2.75) is 39.3 Å². The van der Waals surface area contributed by atoms with E-state index in [0.29, 0.717) is 39.0 Å². The molecule has 0 saturated heterocycles. The minimum atomic E-state index is -1.54. The fraction of sp³-hybridized carbons (Fsp3) is 0.276. The first-order chi connectivity index (χ1) is 19.1. The van der Waals surface area contributed by atoms with E-state index in [1.165, 1.54) is 14.2 Å². The van der Waals surface area contributed by atoms with Crippen molar-refractivity contribution in [1.82, 2.24) is 19.5 Å². The van der Waals surface area contributed by atoms with Crippen LogP contribution in [0.5, 0.6) is 11.9 Å². The van der Waals surface area contributed by atoms with Gasteiger partial charge in [0.25, 0.3) is 11.8 Å². The quantitative estimate of drug-likeness (QED) is 0.364. The molecule has 10 nitrogen and oxygen atoms in total. The van der Waals surface area contributed by atoms with Crippen molar-refractivity contribution in [3.8, 4) is 23.3 Å². The fourth-order valence-corrected chi connectivity index (χ4v) is 5.89. The zero-order chi connectivity index (χ0) is 28.5. The van der Waals surface area contributed by atoms with Crippen LogP contribution < -0.4 is 19.7 Å². The third-order valence-electron chi connectivity index (χ3n) is 7.41. The van der Waals surface area contributed by atoms with Gasteiger partial charge in [-0.15, -0.1) is 0 Å². The second-order valence-corrected chi connectivity index (χ2v) is 10.6. The molecule has 2 aliphatic rings. The number of hydrogen-bond donors (Lipinski definition) is 1. The number of amides is 2. The number of hydrogen-bond acceptors (Lipinski definition) is 7. The number of aryl methyl sites for hydroxylation is 2. The van der Waals surface area contributed by atoms with Crippen molar-refractivity contribution in [3.63, 3.8) is 0 Å². The van der Waals surface area contributed by atoms with Crippen molar-refractivity contribution >= 4 is 34.8 Å². The highest BCUT2D eigenvalue weighted by molar-refractivity contribution is 6.31. The first-order valence-electron chi connectivity index (χ1n) is 12.7. The zero-order valence-corrected chi connectivity index (χ0v) is 23.6. The molecule has 1 N–H and O–H groups in total. The summed E-state index contributed by atoms with van der Waals surface area (Å²) in [6.45, 7) is 7.81. The maximum Gasteiger partial charge on any atom is 0.319 e. The van der Waals surface area contributed by atoms with Crippen LogP contribution in [-0.4, -0.2) is 45.6 Å². The Balaban J connectivity index is 1.73. The molecule has 4 heterocycles. The number of rotatable bonds is 5. The summed E-state index contributed by atoms with van der Waals surface area (Å²) >= 11 is 6.33. The second-order valence-electron chi connectivity index (χ2n) is 10.2. The van der Waals surface area contributed by atoms with Crippen LogP contribution in [0, 0.1) is 13.8 Å². The Morgan fingerprint density at radius 1 is 1.02 bits per heavy atom. The highest BCUT2D eigenvalue weighted by atomic mass is 35.5. The van der Waals surface area contributed by atoms with Gasteiger partial charge in [0, 0.05) is 34.2 Å². The van der Waals surface area contributed by atoms with E-state index in [0.717, 1.165) is 11.1 Å². The van der Waals surface area contributed by atoms with E-state index in [2.05, 4.69) is 15.3 Å². The number of halogens is 1. The van der Waals surface area contributed by atoms with E-state index in [1.54, 1.807) is 29.3 Å². The number of benzene rings is 2. The second kappa shape index (κ2) is 9.06. The van der Waals surface area contributed by atoms with Gasteiger partial charge in [-0.3, -0.25) is 14.5 Å². The average Bonchev–Trinajstić information content (AvgIpc) is 3.53. The lowest BCUT2D eigenvalue weighted by molar-refractivity contribution is -0.119. The molecule has 11 heteroatoms. The molecule has 2 aromatic carbocycles. The van der Waals surface area contributed by atoms with Gasteiger partial charge in [0.15, 0.2) is 11.2 Å². The van der Waals surface area contributed by atoms with Gasteiger partial charge in [0.1, 0.15) is 5.82 Å². The standard InChI is InChI=1S/C29H27ClN6O4/c1-14(2)35-23-22(33-24(35)18-13-31-28(40-6)34-25(18)39-5)26(37)36(21-11-15(3)7-8-16(21)4)29(23)19-10-9-17(30)12-20(19)32-27(29)38/h7-14H,1-6H3,(H,32,38). The third kappa shape index (κ3) is 3.38. The van der Waals surface area contributed by atoms with Crippen LogP contribution >= 0.6 is 11.6 Å². The SMILES string of the molecule is COc1ncc(-c2nc3c(n2C(C)C)C2(C(=O)Nc4cc(Cl)ccc42)N(c2cc(C)ccc2C)C3=O)c(OC)n1. The fourth-order valence-electron chi connectivity index (χ4n) is 5.72. The van der Waals surface area contributed by atoms with Crippen LogP contribution in [0.4, 0.5) is 11.4 Å². The number of carbonyl (C=O) groups excluding carboxylic acids is 2. The molecule has 204 valence electrons. The van der Waals surface area contributed by atoms with E-state index < -0.39 is 11.4 Å². The van der Waals surface area contributed by atoms with Gasteiger partial charge >= 0.3 is 6.01 Å². The molecule has 0 aliphatic carbocycles. The number of ether oxygens (including phenoxy) is 2. The predicted molar refractivity (Wildman–Crippen MR) is 150 cm³/mol. The number of carbonyl (C=O) groups is 2. The summed E-state index contributed by atoms with van der Waals surface area (Å²) < 4.78 is 12.6. The van der Waals surface area contributed by atoms with Gasteiger partial charge in [0.2, 0.25) is 5.88 Å². The molecule has 40 heavy (non-hydrogen) atoms. The van der Waals surface area contributed by atoms with Crippen molar-refractivity contribution in [1.29, 1.82) is 0 Å². The number of aromatic nitrogens is 4. The van der Waals surface area contributed by atoms with Crippen LogP contribution in [-0.2, 0) is 10.3 Å². The van der Waals surface area contributed by atoms with E-state index in [1.807, 2.05) is 50.5 Å². The molecule has 1 atom stereocenters. The van der Waals surface area contributed by atoms with Crippen LogP contribution in [0.1, 0.15) is 52.8 Å². The van der Waals surface area contributed by atoms with Crippen molar-refractivity contribution in [2.75, 3.05) is 24.4 Å². The zero-order valence-electron chi connectivity index (χ0n) is 22.9. The van der Waals surface area contributed by atoms with Gasteiger partial charge in [-0.05, 0) is 57.0 Å². The van der Waals surface area contributed by atoms with Crippen LogP contribution in [0.2, 0.25) is 5.02 Å². The molecule has 6 rings (SSSR count). The Labute approximate surface area is 235 Å². The monoisotopic (exact) mass is 558 g/mol. The molecule has 2 aromatic heterocycles. The number of imidazole rings is 1. The summed E-state index contributed by atoms with van der Waals surface area (Å²) in [5.41, 5.74) is 3.13. The van der Waals surface area contributed by atoms with Gasteiger partial charge in [-0.25, -0.2) is 9.97 Å². The molecular weight excluding hydrogens is 532 g/mol. The van der Waals surface area contributed by atoms with Crippen LogP contribution in [0.15, 0.2) is 42.6 Å². The molecule has 2 amide bonds. The summed E-state index contributed by atoms with van der Waals surface area (Å²) in [4.78, 5) is 43.8. The predicted octanol–water partition coefficient (Wildman–Crippen LogP) is 5.06. The summed E-state index contributed by atoms with van der Waals surface area (Å²) in [7, 11) is 2.95. The number of methoxy groups -OCH3 is 2. The van der Waals surface area contributed by atoms with Crippen molar-refractivity contribution < 1.29 is 19.1 Å². The summed E-state index contributed by atoms with van der Waals surface area (Å²) in [6.07, 6.45) is 1.54. The van der Waals surface area contributed by atoms with E-state index in [4.69, 9.17) is 26.1 Å². The summed E-state index contributed by atoms with van der Waals surface area (Å²) in [5.74, 6) is -0.129. The first kappa shape index (κ1) is 25.8. The lowest BCUT2D eigenvalue weighted by atomic mass is 9.86. The lowest BCUT2D eigenvalue weighted by Crippen LogP contribution is -2.51. The third-order valence-corrected chi connectivity index (χ3v) is 7.65. The molecule has 0 saturated carbocycles. The van der Waals surface area contributed by atoms with Crippen LogP contribution in [0.3, 0.4) is 0 Å². The molecule has 4 aromatic rings. The molecule has 0 radical (unpaired) electrons. The molecule has 2 aliphatic heterocycles. The Kier molecular flexibility index (Phi) is 5.85. The smallest absolute Gasteiger partial charge is 0.319 e. The largest absolute Gasteiger partial charge is 0.480 e. The molecule has 1 spiro atoms. The highest BCUT2D eigenvalue weighted by Gasteiger charge is 2.64. The van der Waals surface area contributed by atoms with Gasteiger partial charge in [-0.2, -0.15) is 4.98 Å². The Bertz CT molecular complexity index is 1730. The van der Waals surface area contributed by atoms with Gasteiger partial charge < -0.3 is 19.4 Å². The topological polar surface area (TPSA) is 111 Å². The maximum absolute atomic E-state index is 14.5. The van der Waals surface area contributed by atoms with Gasteiger partial charge in [0.05, 0.1) is 25.5 Å². The maximum atomic E-state index is 14.5. The minimum Gasteiger partial charge on any atom is -0.480 e. The number of nitrogens with zero attached hydrogens (tertiary/aromatic N) is 5. The van der Waals surface area contributed by atoms with E-state index >= 15 is 0 Å². The molecular formula is C29H27ClN6O4. The number of nitrogens with one attached hydrogen (secondary N) is 1. The van der Waals surface area contributed by atoms with Crippen molar-refractivity contribution in [3.05, 3.63) is 75.7 Å². The molecule has 0 fully saturated rings. The average molecular weight is 559 g/mol. The van der Waals surface area contributed by atoms with E-state index in [-0.39, 0.29) is 29.5 Å².